The van der Waals surface area contributed by atoms with Gasteiger partial charge in [0, 0.05) is 44.8 Å². The summed E-state index contributed by atoms with van der Waals surface area (Å²) in [5.41, 5.74) is 2.28. The fraction of sp³-hybridized carbons (Fsp3) is 0.250. The molecule has 0 spiro atoms. The molecule has 1 N–H and O–H groups in total. The average Bonchev–Trinajstić information content (AvgIpc) is 2.84. The van der Waals surface area contributed by atoms with Gasteiger partial charge in [0.15, 0.2) is 5.60 Å². The molecule has 2 amide bonds. The number of pyridine rings is 2. The third-order valence-corrected chi connectivity index (χ3v) is 5.43. The van der Waals surface area contributed by atoms with Crippen LogP contribution in [0.4, 0.5) is 0 Å². The maximum atomic E-state index is 13.0. The standard InChI is InChI=1S/C24H24N4O3/c1-25-23(30)24(14-18-5-2-6-19(13-18)20-7-3-9-26-15-20)17-28(11-12-31-24)22(29)21-8-4-10-27-16-21/h2-10,13,15-16H,11-12,14,17H2,1H3,(H,25,30)/t24-/m0/s1. The van der Waals surface area contributed by atoms with Gasteiger partial charge in [-0.2, -0.15) is 0 Å². The molecular weight excluding hydrogens is 392 g/mol. The lowest BCUT2D eigenvalue weighted by atomic mass is 9.89. The van der Waals surface area contributed by atoms with Crippen molar-refractivity contribution in [3.05, 3.63) is 84.4 Å². The molecule has 1 aliphatic rings. The normalized spacial score (nSPS) is 18.4. The average molecular weight is 416 g/mol. The van der Waals surface area contributed by atoms with Gasteiger partial charge in [0.05, 0.1) is 18.7 Å². The van der Waals surface area contributed by atoms with Gasteiger partial charge in [-0.25, -0.2) is 0 Å². The number of morpholine rings is 1. The molecule has 0 radical (unpaired) electrons. The lowest BCUT2D eigenvalue weighted by Crippen LogP contribution is -2.61. The molecule has 7 nitrogen and oxygen atoms in total. The van der Waals surface area contributed by atoms with E-state index < -0.39 is 5.60 Å². The molecule has 0 aliphatic carbocycles. The van der Waals surface area contributed by atoms with Crippen LogP contribution in [0.1, 0.15) is 15.9 Å². The van der Waals surface area contributed by atoms with Crippen molar-refractivity contribution in [3.63, 3.8) is 0 Å². The van der Waals surface area contributed by atoms with E-state index in [1.54, 1.807) is 42.7 Å². The van der Waals surface area contributed by atoms with Gasteiger partial charge >= 0.3 is 0 Å². The molecule has 3 heterocycles. The molecule has 0 saturated carbocycles. The third-order valence-electron chi connectivity index (χ3n) is 5.43. The monoisotopic (exact) mass is 416 g/mol. The number of hydrogen-bond acceptors (Lipinski definition) is 5. The molecule has 2 aromatic heterocycles. The van der Waals surface area contributed by atoms with Crippen molar-refractivity contribution in [2.24, 2.45) is 0 Å². The predicted molar refractivity (Wildman–Crippen MR) is 116 cm³/mol. The summed E-state index contributed by atoms with van der Waals surface area (Å²) in [6.07, 6.45) is 7.05. The zero-order valence-corrected chi connectivity index (χ0v) is 17.3. The molecule has 1 aliphatic heterocycles. The molecule has 3 aromatic rings. The van der Waals surface area contributed by atoms with E-state index in [0.29, 0.717) is 18.5 Å². The van der Waals surface area contributed by atoms with Crippen LogP contribution in [0.2, 0.25) is 0 Å². The number of hydrogen-bond donors (Lipinski definition) is 1. The molecule has 1 aromatic carbocycles. The number of benzene rings is 1. The van der Waals surface area contributed by atoms with Crippen molar-refractivity contribution < 1.29 is 14.3 Å². The molecule has 7 heteroatoms. The van der Waals surface area contributed by atoms with E-state index in [4.69, 9.17) is 4.74 Å². The fourth-order valence-electron chi connectivity index (χ4n) is 3.91. The van der Waals surface area contributed by atoms with E-state index in [1.807, 2.05) is 36.4 Å². The molecule has 4 rings (SSSR count). The number of nitrogens with one attached hydrogen (secondary N) is 1. The molecule has 0 unspecified atom stereocenters. The molecule has 1 saturated heterocycles. The van der Waals surface area contributed by atoms with Crippen LogP contribution in [0.25, 0.3) is 11.1 Å². The van der Waals surface area contributed by atoms with Crippen LogP contribution in [0.3, 0.4) is 0 Å². The minimum absolute atomic E-state index is 0.159. The lowest BCUT2D eigenvalue weighted by molar-refractivity contribution is -0.156. The zero-order chi connectivity index (χ0) is 21.7. The van der Waals surface area contributed by atoms with Crippen molar-refractivity contribution in [2.45, 2.75) is 12.0 Å². The van der Waals surface area contributed by atoms with Crippen molar-refractivity contribution in [3.8, 4) is 11.1 Å². The van der Waals surface area contributed by atoms with Crippen molar-refractivity contribution in [1.29, 1.82) is 0 Å². The topological polar surface area (TPSA) is 84.4 Å². The second-order valence-electron chi connectivity index (χ2n) is 7.51. The Hall–Kier alpha value is -3.58. The molecule has 1 atom stereocenters. The Morgan fingerprint density at radius 2 is 1.84 bits per heavy atom. The van der Waals surface area contributed by atoms with E-state index in [2.05, 4.69) is 15.3 Å². The molecular formula is C24H24N4O3. The number of aromatic nitrogens is 2. The second kappa shape index (κ2) is 9.06. The summed E-state index contributed by atoms with van der Waals surface area (Å²) in [5.74, 6) is -0.406. The van der Waals surface area contributed by atoms with Crippen LogP contribution >= 0.6 is 0 Å². The smallest absolute Gasteiger partial charge is 0.255 e. The first-order chi connectivity index (χ1) is 15.1. The number of nitrogens with zero attached hydrogens (tertiary/aromatic N) is 3. The molecule has 31 heavy (non-hydrogen) atoms. The Labute approximate surface area is 181 Å². The van der Waals surface area contributed by atoms with Gasteiger partial charge in [-0.3, -0.25) is 19.6 Å². The highest BCUT2D eigenvalue weighted by atomic mass is 16.5. The first kappa shape index (κ1) is 20.7. The van der Waals surface area contributed by atoms with Crippen LogP contribution in [-0.2, 0) is 16.0 Å². The van der Waals surface area contributed by atoms with E-state index in [0.717, 1.165) is 16.7 Å². The fourth-order valence-corrected chi connectivity index (χ4v) is 3.91. The highest BCUT2D eigenvalue weighted by molar-refractivity contribution is 5.95. The Bertz CT molecular complexity index is 1060. The maximum absolute atomic E-state index is 13.0. The van der Waals surface area contributed by atoms with Gasteiger partial charge in [-0.05, 0) is 34.9 Å². The van der Waals surface area contributed by atoms with Crippen LogP contribution in [0.5, 0.6) is 0 Å². The Kier molecular flexibility index (Phi) is 6.04. The van der Waals surface area contributed by atoms with E-state index in [1.165, 1.54) is 6.20 Å². The molecule has 0 bridgehead atoms. The Morgan fingerprint density at radius 1 is 1.06 bits per heavy atom. The van der Waals surface area contributed by atoms with Crippen LogP contribution in [-0.4, -0.2) is 59.0 Å². The minimum Gasteiger partial charge on any atom is -0.361 e. The van der Waals surface area contributed by atoms with E-state index in [9.17, 15) is 9.59 Å². The van der Waals surface area contributed by atoms with Gasteiger partial charge in [-0.15, -0.1) is 0 Å². The maximum Gasteiger partial charge on any atom is 0.255 e. The van der Waals surface area contributed by atoms with E-state index in [-0.39, 0.29) is 25.0 Å². The Morgan fingerprint density at radius 3 is 2.55 bits per heavy atom. The first-order valence-electron chi connectivity index (χ1n) is 10.2. The third kappa shape index (κ3) is 4.46. The van der Waals surface area contributed by atoms with Crippen molar-refractivity contribution in [1.82, 2.24) is 20.2 Å². The number of rotatable bonds is 5. The van der Waals surface area contributed by atoms with Gasteiger partial charge in [-0.1, -0.05) is 30.3 Å². The Balaban J connectivity index is 1.61. The number of amides is 2. The quantitative estimate of drug-likeness (QED) is 0.690. The SMILES string of the molecule is CNC(=O)[C@]1(Cc2cccc(-c3cccnc3)c2)CN(C(=O)c2cccnc2)CCO1. The first-order valence-corrected chi connectivity index (χ1v) is 10.2. The largest absolute Gasteiger partial charge is 0.361 e. The highest BCUT2D eigenvalue weighted by Crippen LogP contribution is 2.27. The van der Waals surface area contributed by atoms with Gasteiger partial charge < -0.3 is 15.0 Å². The summed E-state index contributed by atoms with van der Waals surface area (Å²) < 4.78 is 6.05. The van der Waals surface area contributed by atoms with Gasteiger partial charge in [0.2, 0.25) is 0 Å². The molecule has 1 fully saturated rings. The van der Waals surface area contributed by atoms with Crippen LogP contribution < -0.4 is 5.32 Å². The predicted octanol–water partition coefficient (Wildman–Crippen LogP) is 2.34. The van der Waals surface area contributed by atoms with Crippen molar-refractivity contribution >= 4 is 11.8 Å². The van der Waals surface area contributed by atoms with Crippen LogP contribution in [0.15, 0.2) is 73.3 Å². The summed E-state index contributed by atoms with van der Waals surface area (Å²) >= 11 is 0. The number of carbonyl (C=O) groups is 2. The summed E-state index contributed by atoms with van der Waals surface area (Å²) in [5, 5.41) is 2.72. The number of carbonyl (C=O) groups excluding carboxylic acids is 2. The van der Waals surface area contributed by atoms with Crippen molar-refractivity contribution in [2.75, 3.05) is 26.7 Å². The molecule has 158 valence electrons. The zero-order valence-electron chi connectivity index (χ0n) is 17.3. The number of likely N-dealkylation sites (N-methyl/N-ethyl adjacent to an activating group) is 1. The van der Waals surface area contributed by atoms with Gasteiger partial charge in [0.25, 0.3) is 11.8 Å². The lowest BCUT2D eigenvalue weighted by Gasteiger charge is -2.41. The highest BCUT2D eigenvalue weighted by Gasteiger charge is 2.44. The summed E-state index contributed by atoms with van der Waals surface area (Å²) in [7, 11) is 1.58. The number of ether oxygens (including phenoxy) is 1. The van der Waals surface area contributed by atoms with E-state index >= 15 is 0 Å². The van der Waals surface area contributed by atoms with Gasteiger partial charge in [0.1, 0.15) is 0 Å². The van der Waals surface area contributed by atoms with Crippen LogP contribution in [0, 0.1) is 0 Å². The second-order valence-corrected chi connectivity index (χ2v) is 7.51. The minimum atomic E-state index is -1.17. The summed E-state index contributed by atoms with van der Waals surface area (Å²) in [4.78, 5) is 35.8. The summed E-state index contributed by atoms with van der Waals surface area (Å²) in [6.45, 7) is 0.863. The summed E-state index contributed by atoms with van der Waals surface area (Å²) in [6, 6.07) is 15.3.